The number of rotatable bonds is 5. The highest BCUT2D eigenvalue weighted by Crippen LogP contribution is 2.45. The van der Waals surface area contributed by atoms with Gasteiger partial charge in [0, 0.05) is 17.1 Å². The van der Waals surface area contributed by atoms with E-state index in [2.05, 4.69) is 15.7 Å². The van der Waals surface area contributed by atoms with Crippen LogP contribution >= 0.6 is 11.6 Å². The second kappa shape index (κ2) is 9.09. The highest BCUT2D eigenvalue weighted by Gasteiger charge is 2.47. The largest absolute Gasteiger partial charge is 0.493 e. The van der Waals surface area contributed by atoms with E-state index in [4.69, 9.17) is 21.1 Å². The Balaban J connectivity index is 1.71. The molecule has 2 unspecified atom stereocenters. The van der Waals surface area contributed by atoms with Crippen molar-refractivity contribution in [3.8, 4) is 11.5 Å². The number of ether oxygens (including phenoxy) is 2. The molecule has 1 aromatic heterocycles. The van der Waals surface area contributed by atoms with Gasteiger partial charge in [0.15, 0.2) is 17.5 Å². The van der Waals surface area contributed by atoms with Crippen molar-refractivity contribution < 1.29 is 27.4 Å². The maximum Gasteiger partial charge on any atom is 0.410 e. The fourth-order valence-electron chi connectivity index (χ4n) is 3.94. The first-order valence-corrected chi connectivity index (χ1v) is 10.7. The van der Waals surface area contributed by atoms with E-state index < -0.39 is 24.2 Å². The molecule has 2 atom stereocenters. The number of carbonyl (C=O) groups excluding carboxylic acids is 1. The number of nitrogens with zero attached hydrogens (tertiary/aromatic N) is 2. The molecular weight excluding hydrogens is 473 g/mol. The Labute approximate surface area is 198 Å². The zero-order valence-electron chi connectivity index (χ0n) is 18.5. The minimum atomic E-state index is -4.57. The van der Waals surface area contributed by atoms with Gasteiger partial charge >= 0.3 is 6.18 Å². The number of carbonyl (C=O) groups is 1. The number of hydrogen-bond donors (Lipinski definition) is 2. The average Bonchev–Trinajstić information content (AvgIpc) is 3.23. The minimum absolute atomic E-state index is 0.0150. The topological polar surface area (TPSA) is 77.4 Å². The van der Waals surface area contributed by atoms with E-state index in [0.717, 1.165) is 16.4 Å². The molecule has 1 aliphatic heterocycles. The first-order valence-electron chi connectivity index (χ1n) is 10.3. The van der Waals surface area contributed by atoms with Crippen molar-refractivity contribution in [1.29, 1.82) is 0 Å². The summed E-state index contributed by atoms with van der Waals surface area (Å²) in [7, 11) is 2.92. The van der Waals surface area contributed by atoms with Crippen molar-refractivity contribution in [1.82, 2.24) is 9.78 Å². The fourth-order valence-corrected chi connectivity index (χ4v) is 4.11. The molecule has 0 spiro atoms. The van der Waals surface area contributed by atoms with Crippen molar-refractivity contribution >= 4 is 29.0 Å². The molecule has 11 heteroatoms. The number of alkyl halides is 3. The number of halogens is 4. The number of anilines is 2. The minimum Gasteiger partial charge on any atom is -0.493 e. The van der Waals surface area contributed by atoms with Crippen molar-refractivity contribution in [2.45, 2.75) is 31.6 Å². The van der Waals surface area contributed by atoms with Gasteiger partial charge < -0.3 is 20.1 Å². The molecule has 2 N–H and O–H groups in total. The third-order valence-corrected chi connectivity index (χ3v) is 5.98. The molecular formula is C23H22ClF3N4O3. The van der Waals surface area contributed by atoms with Crippen molar-refractivity contribution in [3.63, 3.8) is 0 Å². The van der Waals surface area contributed by atoms with Crippen LogP contribution in [0.4, 0.5) is 24.7 Å². The van der Waals surface area contributed by atoms with Crippen LogP contribution in [0.25, 0.3) is 0 Å². The average molecular weight is 495 g/mol. The summed E-state index contributed by atoms with van der Waals surface area (Å²) in [5, 5.41) is 10.1. The Hall–Kier alpha value is -3.40. The lowest BCUT2D eigenvalue weighted by Gasteiger charge is -2.34. The molecule has 0 radical (unpaired) electrons. The lowest BCUT2D eigenvalue weighted by atomic mass is 9.96. The first kappa shape index (κ1) is 23.7. The molecule has 2 aromatic carbocycles. The maximum absolute atomic E-state index is 14.0. The zero-order valence-corrected chi connectivity index (χ0v) is 19.3. The normalized spacial score (nSPS) is 17.5. The van der Waals surface area contributed by atoms with Crippen LogP contribution in [0.15, 0.2) is 42.6 Å². The highest BCUT2D eigenvalue weighted by molar-refractivity contribution is 6.31. The van der Waals surface area contributed by atoms with Gasteiger partial charge in [0.2, 0.25) is 0 Å². The smallest absolute Gasteiger partial charge is 0.410 e. The molecule has 0 fully saturated rings. The standard InChI is InChI=1S/C23H22ClF3N4O3/c1-12-4-6-14(24)9-16(12)30-22(32)15-11-28-31-20(23(25,26)27)10-17(29-21(15)31)13-5-7-18(33-2)19(8-13)34-3/h4-9,11,17,20,29H,10H2,1-3H3,(H,30,32). The number of aryl methyl sites for hydroxylation is 1. The van der Waals surface area contributed by atoms with Gasteiger partial charge in [-0.2, -0.15) is 18.3 Å². The number of fused-ring (bicyclic) bond motifs is 1. The Kier molecular flexibility index (Phi) is 6.35. The molecule has 0 bridgehead atoms. The molecule has 1 aliphatic rings. The summed E-state index contributed by atoms with van der Waals surface area (Å²) < 4.78 is 53.3. The summed E-state index contributed by atoms with van der Waals surface area (Å²) in [6.45, 7) is 1.78. The van der Waals surface area contributed by atoms with Crippen LogP contribution in [0, 0.1) is 6.92 Å². The predicted molar refractivity (Wildman–Crippen MR) is 122 cm³/mol. The number of hydrogen-bond acceptors (Lipinski definition) is 5. The molecule has 34 heavy (non-hydrogen) atoms. The molecule has 4 rings (SSSR count). The summed E-state index contributed by atoms with van der Waals surface area (Å²) in [6.07, 6.45) is -3.76. The summed E-state index contributed by atoms with van der Waals surface area (Å²) >= 11 is 6.02. The second-order valence-corrected chi connectivity index (χ2v) is 8.31. The zero-order chi connectivity index (χ0) is 24.6. The van der Waals surface area contributed by atoms with E-state index in [1.807, 2.05) is 0 Å². The van der Waals surface area contributed by atoms with Gasteiger partial charge in [-0.25, -0.2) is 4.68 Å². The van der Waals surface area contributed by atoms with Gasteiger partial charge in [0.1, 0.15) is 11.4 Å². The number of benzene rings is 2. The Morgan fingerprint density at radius 2 is 1.91 bits per heavy atom. The molecule has 180 valence electrons. The van der Waals surface area contributed by atoms with E-state index in [9.17, 15) is 18.0 Å². The van der Waals surface area contributed by atoms with E-state index in [0.29, 0.717) is 27.8 Å². The van der Waals surface area contributed by atoms with Crippen LogP contribution in [0.2, 0.25) is 5.02 Å². The number of aromatic nitrogens is 2. The number of amides is 1. The Morgan fingerprint density at radius 3 is 2.59 bits per heavy atom. The van der Waals surface area contributed by atoms with Crippen LogP contribution in [0.5, 0.6) is 11.5 Å². The molecule has 1 amide bonds. The van der Waals surface area contributed by atoms with Crippen LogP contribution in [-0.2, 0) is 0 Å². The lowest BCUT2D eigenvalue weighted by molar-refractivity contribution is -0.173. The van der Waals surface area contributed by atoms with Crippen molar-refractivity contribution in [3.05, 3.63) is 64.3 Å². The fraction of sp³-hybridized carbons (Fsp3) is 0.304. The summed E-state index contributed by atoms with van der Waals surface area (Å²) in [6, 6.07) is 7.21. The Bertz CT molecular complexity index is 1230. The third-order valence-electron chi connectivity index (χ3n) is 5.74. The first-order chi connectivity index (χ1) is 16.1. The van der Waals surface area contributed by atoms with E-state index in [1.54, 1.807) is 43.3 Å². The number of methoxy groups -OCH3 is 2. The molecule has 7 nitrogen and oxygen atoms in total. The maximum atomic E-state index is 14.0. The molecule has 0 saturated heterocycles. The SMILES string of the molecule is COc1ccc(C2CC(C(F)(F)F)n3ncc(C(=O)Nc4cc(Cl)ccc4C)c3N2)cc1OC. The van der Waals surface area contributed by atoms with Gasteiger partial charge in [-0.15, -0.1) is 0 Å². The molecule has 2 heterocycles. The third kappa shape index (κ3) is 4.50. The van der Waals surface area contributed by atoms with E-state index >= 15 is 0 Å². The van der Waals surface area contributed by atoms with Crippen LogP contribution in [0.3, 0.4) is 0 Å². The van der Waals surface area contributed by atoms with Gasteiger partial charge in [0.25, 0.3) is 5.91 Å². The summed E-state index contributed by atoms with van der Waals surface area (Å²) in [4.78, 5) is 13.0. The van der Waals surface area contributed by atoms with Gasteiger partial charge in [-0.3, -0.25) is 4.79 Å². The number of nitrogens with one attached hydrogen (secondary N) is 2. The van der Waals surface area contributed by atoms with Gasteiger partial charge in [-0.1, -0.05) is 23.7 Å². The van der Waals surface area contributed by atoms with Crippen molar-refractivity contribution in [2.24, 2.45) is 0 Å². The molecule has 0 saturated carbocycles. The lowest BCUT2D eigenvalue weighted by Crippen LogP contribution is -2.36. The second-order valence-electron chi connectivity index (χ2n) is 7.87. The van der Waals surface area contributed by atoms with E-state index in [1.165, 1.54) is 14.2 Å². The van der Waals surface area contributed by atoms with Gasteiger partial charge in [-0.05, 0) is 42.3 Å². The summed E-state index contributed by atoms with van der Waals surface area (Å²) in [5.74, 6) is 0.216. The Morgan fingerprint density at radius 1 is 1.18 bits per heavy atom. The summed E-state index contributed by atoms with van der Waals surface area (Å²) in [5.41, 5.74) is 1.75. The van der Waals surface area contributed by atoms with E-state index in [-0.39, 0.29) is 17.8 Å². The van der Waals surface area contributed by atoms with Crippen LogP contribution in [0.1, 0.15) is 40.0 Å². The highest BCUT2D eigenvalue weighted by atomic mass is 35.5. The predicted octanol–water partition coefficient (Wildman–Crippen LogP) is 5.77. The van der Waals surface area contributed by atoms with Crippen LogP contribution < -0.4 is 20.1 Å². The van der Waals surface area contributed by atoms with Crippen LogP contribution in [-0.4, -0.2) is 36.1 Å². The quantitative estimate of drug-likeness (QED) is 0.470. The van der Waals surface area contributed by atoms with Gasteiger partial charge in [0.05, 0.1) is 26.5 Å². The monoisotopic (exact) mass is 494 g/mol. The molecule has 3 aromatic rings. The molecule has 0 aliphatic carbocycles. The van der Waals surface area contributed by atoms with Crippen molar-refractivity contribution in [2.75, 3.05) is 24.9 Å².